The number of ether oxygens (including phenoxy) is 3. The number of amides is 2. The third-order valence-electron chi connectivity index (χ3n) is 6.36. The number of rotatable bonds is 6. The lowest BCUT2D eigenvalue weighted by Crippen LogP contribution is -2.46. The third kappa shape index (κ3) is 7.27. The molecule has 0 saturated carbocycles. The first-order valence-corrected chi connectivity index (χ1v) is 11.9. The smallest absolute Gasteiger partial charge is 0.257 e. The predicted octanol–water partition coefficient (Wildman–Crippen LogP) is 3.28. The van der Waals surface area contributed by atoms with Crippen LogP contribution < -0.4 is 10.1 Å². The highest BCUT2D eigenvalue weighted by atomic mass is 16.5. The summed E-state index contributed by atoms with van der Waals surface area (Å²) in [7, 11) is 4.91. The molecule has 2 aromatic carbocycles. The van der Waals surface area contributed by atoms with Gasteiger partial charge in [0.05, 0.1) is 11.7 Å². The Morgan fingerprint density at radius 3 is 2.54 bits per heavy atom. The van der Waals surface area contributed by atoms with Crippen LogP contribution in [0.4, 0.5) is 5.69 Å². The molecule has 3 atom stereocenters. The number of nitrogens with zero attached hydrogens (tertiary/aromatic N) is 2. The van der Waals surface area contributed by atoms with Gasteiger partial charge in [0.15, 0.2) is 0 Å². The lowest BCUT2D eigenvalue weighted by atomic mass is 10.0. The Bertz CT molecular complexity index is 984. The highest BCUT2D eigenvalue weighted by Crippen LogP contribution is 2.27. The standard InChI is InChI=1S/C27H37N3O5/c1-19-14-30(15-21-9-7-6-8-10-21)20(2)17-35-24-12-11-22(28-26(31)18-33-4)13-23(24)27(32)29(3)16-25(19)34-5/h6-13,19-20,25H,14-18H2,1-5H3,(H,28,31)/t19-,20+,25+/m1/s1. The minimum absolute atomic E-state index is 0.0659. The molecule has 1 aliphatic heterocycles. The number of nitrogens with one attached hydrogen (secondary N) is 1. The van der Waals surface area contributed by atoms with Crippen LogP contribution in [0.25, 0.3) is 0 Å². The molecule has 1 heterocycles. The Hall–Kier alpha value is -2.94. The van der Waals surface area contributed by atoms with Crippen molar-refractivity contribution in [1.82, 2.24) is 9.80 Å². The van der Waals surface area contributed by atoms with Crippen molar-refractivity contribution < 1.29 is 23.8 Å². The summed E-state index contributed by atoms with van der Waals surface area (Å²) >= 11 is 0. The number of carbonyl (C=O) groups excluding carboxylic acids is 2. The SMILES string of the molecule is COCC(=O)Nc1ccc2c(c1)C(=O)N(C)C[C@H](OC)[C@H](C)CN(Cc1ccccc1)[C@@H](C)CO2. The molecular formula is C27H37N3O5. The van der Waals surface area contributed by atoms with Crippen molar-refractivity contribution in [3.63, 3.8) is 0 Å². The summed E-state index contributed by atoms with van der Waals surface area (Å²) in [5.41, 5.74) is 2.14. The lowest BCUT2D eigenvalue weighted by Gasteiger charge is -2.36. The van der Waals surface area contributed by atoms with E-state index in [1.54, 1.807) is 37.3 Å². The molecule has 0 radical (unpaired) electrons. The first-order chi connectivity index (χ1) is 16.8. The van der Waals surface area contributed by atoms with Crippen molar-refractivity contribution >= 4 is 17.5 Å². The van der Waals surface area contributed by atoms with E-state index in [0.29, 0.717) is 30.2 Å². The number of benzene rings is 2. The molecule has 8 heteroatoms. The maximum absolute atomic E-state index is 13.4. The second-order valence-electron chi connectivity index (χ2n) is 9.20. The maximum Gasteiger partial charge on any atom is 0.257 e. The molecule has 0 aliphatic carbocycles. The topological polar surface area (TPSA) is 80.3 Å². The van der Waals surface area contributed by atoms with E-state index in [1.807, 2.05) is 18.2 Å². The summed E-state index contributed by atoms with van der Waals surface area (Å²) in [6, 6.07) is 15.6. The summed E-state index contributed by atoms with van der Waals surface area (Å²) in [4.78, 5) is 29.5. The van der Waals surface area contributed by atoms with Crippen molar-refractivity contribution in [3.05, 3.63) is 59.7 Å². The number of anilines is 1. The number of carbonyl (C=O) groups is 2. The minimum Gasteiger partial charge on any atom is -0.491 e. The van der Waals surface area contributed by atoms with Crippen molar-refractivity contribution in [2.45, 2.75) is 32.5 Å². The van der Waals surface area contributed by atoms with Crippen LogP contribution in [-0.4, -0.2) is 81.3 Å². The van der Waals surface area contributed by atoms with Gasteiger partial charge >= 0.3 is 0 Å². The molecule has 0 saturated heterocycles. The van der Waals surface area contributed by atoms with Crippen LogP contribution in [0.2, 0.25) is 0 Å². The van der Waals surface area contributed by atoms with E-state index in [-0.39, 0.29) is 36.5 Å². The second-order valence-corrected chi connectivity index (χ2v) is 9.20. The molecule has 3 rings (SSSR count). The molecule has 0 aromatic heterocycles. The van der Waals surface area contributed by atoms with Crippen molar-refractivity contribution in [1.29, 1.82) is 0 Å². The number of likely N-dealkylation sites (N-methyl/N-ethyl adjacent to an activating group) is 1. The monoisotopic (exact) mass is 483 g/mol. The summed E-state index contributed by atoms with van der Waals surface area (Å²) in [6.45, 7) is 6.66. The molecule has 2 aromatic rings. The number of methoxy groups -OCH3 is 2. The molecule has 0 spiro atoms. The van der Waals surface area contributed by atoms with Crippen LogP contribution in [0.15, 0.2) is 48.5 Å². The van der Waals surface area contributed by atoms with Gasteiger partial charge in [-0.15, -0.1) is 0 Å². The Morgan fingerprint density at radius 2 is 1.86 bits per heavy atom. The van der Waals surface area contributed by atoms with Gasteiger partial charge in [0.1, 0.15) is 19.0 Å². The lowest BCUT2D eigenvalue weighted by molar-refractivity contribution is -0.119. The first kappa shape index (κ1) is 26.7. The van der Waals surface area contributed by atoms with Crippen LogP contribution in [0.1, 0.15) is 29.8 Å². The van der Waals surface area contributed by atoms with Crippen molar-refractivity contribution in [2.24, 2.45) is 5.92 Å². The molecule has 35 heavy (non-hydrogen) atoms. The van der Waals surface area contributed by atoms with Gasteiger partial charge in [0.25, 0.3) is 5.91 Å². The molecule has 0 bridgehead atoms. The molecule has 0 fully saturated rings. The van der Waals surface area contributed by atoms with E-state index in [4.69, 9.17) is 14.2 Å². The third-order valence-corrected chi connectivity index (χ3v) is 6.36. The predicted molar refractivity (Wildman–Crippen MR) is 136 cm³/mol. The zero-order valence-electron chi connectivity index (χ0n) is 21.3. The summed E-state index contributed by atoms with van der Waals surface area (Å²) < 4.78 is 16.9. The fourth-order valence-corrected chi connectivity index (χ4v) is 4.30. The number of fused-ring (bicyclic) bond motifs is 1. The van der Waals surface area contributed by atoms with Gasteiger partial charge in [-0.1, -0.05) is 37.3 Å². The zero-order chi connectivity index (χ0) is 25.4. The molecule has 8 nitrogen and oxygen atoms in total. The first-order valence-electron chi connectivity index (χ1n) is 11.9. The second kappa shape index (κ2) is 12.7. The molecule has 190 valence electrons. The fourth-order valence-electron chi connectivity index (χ4n) is 4.30. The maximum atomic E-state index is 13.4. The Morgan fingerprint density at radius 1 is 1.11 bits per heavy atom. The van der Waals surface area contributed by atoms with Crippen molar-refractivity contribution in [3.8, 4) is 5.75 Å². The van der Waals surface area contributed by atoms with Crippen LogP contribution in [-0.2, 0) is 20.8 Å². The Labute approximate surface area is 208 Å². The van der Waals surface area contributed by atoms with E-state index < -0.39 is 0 Å². The average Bonchev–Trinajstić information content (AvgIpc) is 2.85. The van der Waals surface area contributed by atoms with E-state index in [1.165, 1.54) is 12.7 Å². The summed E-state index contributed by atoms with van der Waals surface area (Å²) in [5, 5.41) is 2.76. The van der Waals surface area contributed by atoms with E-state index in [9.17, 15) is 9.59 Å². The molecular weight excluding hydrogens is 446 g/mol. The molecule has 1 aliphatic rings. The van der Waals surface area contributed by atoms with Gasteiger partial charge in [0, 0.05) is 52.6 Å². The Kier molecular flexibility index (Phi) is 9.65. The highest BCUT2D eigenvalue weighted by molar-refractivity contribution is 5.99. The van der Waals surface area contributed by atoms with Gasteiger partial charge in [-0.2, -0.15) is 0 Å². The summed E-state index contributed by atoms with van der Waals surface area (Å²) in [6.07, 6.45) is -0.136. The van der Waals surface area contributed by atoms with Gasteiger partial charge in [0.2, 0.25) is 5.91 Å². The van der Waals surface area contributed by atoms with Crippen molar-refractivity contribution in [2.75, 3.05) is 52.9 Å². The molecule has 2 amide bonds. The molecule has 0 unspecified atom stereocenters. The van der Waals surface area contributed by atoms with Crippen LogP contribution >= 0.6 is 0 Å². The van der Waals surface area contributed by atoms with Gasteiger partial charge in [-0.05, 0) is 36.6 Å². The Balaban J connectivity index is 1.92. The minimum atomic E-state index is -0.291. The quantitative estimate of drug-likeness (QED) is 0.679. The molecule has 1 N–H and O–H groups in total. The average molecular weight is 484 g/mol. The van der Waals surface area contributed by atoms with E-state index in [0.717, 1.165) is 13.1 Å². The van der Waals surface area contributed by atoms with Gasteiger partial charge in [-0.25, -0.2) is 0 Å². The largest absolute Gasteiger partial charge is 0.491 e. The van der Waals surface area contributed by atoms with E-state index >= 15 is 0 Å². The van der Waals surface area contributed by atoms with Gasteiger partial charge in [-0.3, -0.25) is 14.5 Å². The fraction of sp³-hybridized carbons (Fsp3) is 0.481. The van der Waals surface area contributed by atoms with Crippen LogP contribution in [0.5, 0.6) is 5.75 Å². The summed E-state index contributed by atoms with van der Waals surface area (Å²) in [5.74, 6) is 0.188. The van der Waals surface area contributed by atoms with E-state index in [2.05, 4.69) is 36.2 Å². The number of hydrogen-bond donors (Lipinski definition) is 1. The normalized spacial score (nSPS) is 21.9. The van der Waals surface area contributed by atoms with Crippen LogP contribution in [0.3, 0.4) is 0 Å². The van der Waals surface area contributed by atoms with Crippen LogP contribution in [0, 0.1) is 5.92 Å². The number of hydrogen-bond acceptors (Lipinski definition) is 6. The van der Waals surface area contributed by atoms with Gasteiger partial charge < -0.3 is 24.4 Å². The zero-order valence-corrected chi connectivity index (χ0v) is 21.3. The highest BCUT2D eigenvalue weighted by Gasteiger charge is 2.28.